The van der Waals surface area contributed by atoms with E-state index in [0.29, 0.717) is 31.9 Å². The van der Waals surface area contributed by atoms with Crippen LogP contribution >= 0.6 is 0 Å². The summed E-state index contributed by atoms with van der Waals surface area (Å²) in [5.41, 5.74) is 10.7. The Morgan fingerprint density at radius 3 is 2.76 bits per heavy atom. The average Bonchev–Trinajstić information content (AvgIpc) is 3.33. The normalized spacial score (nSPS) is 16.4. The van der Waals surface area contributed by atoms with E-state index in [-0.39, 0.29) is 11.6 Å². The molecule has 0 fully saturated rings. The van der Waals surface area contributed by atoms with Gasteiger partial charge in [0.15, 0.2) is 5.66 Å². The van der Waals surface area contributed by atoms with Gasteiger partial charge in [0, 0.05) is 36.0 Å². The second-order valence-electron chi connectivity index (χ2n) is 10.1. The maximum Gasteiger partial charge on any atom is 0.163 e. The number of hydrogen-bond acceptors (Lipinski definition) is 9. The molecule has 1 aromatic heterocycles. The molecule has 10 nitrogen and oxygen atoms in total. The lowest BCUT2D eigenvalue weighted by Crippen LogP contribution is -2.39. The Hall–Kier alpha value is -4.00. The van der Waals surface area contributed by atoms with E-state index in [1.54, 1.807) is 25.7 Å². The molecule has 0 saturated carbocycles. The summed E-state index contributed by atoms with van der Waals surface area (Å²) in [6.07, 6.45) is 5.40. The standard InChI is InChI=1S/C29H34FN7O3S/c1-40-28-15-24-25(16-26(28)33-10-4-9-32-11-12-41(2,38)39)34-19-35-29(24,31)22-7-8-27-21(14-22)17-36-37(27)18-20-5-3-6-23(30)13-20/h3,5-8,13-17,19,32-33H,4,9-12,18,31H2,1-2H3,(H,34,35). The van der Waals surface area contributed by atoms with Crippen LogP contribution in [0.3, 0.4) is 0 Å². The Kier molecular flexibility index (Phi) is 8.25. The molecular weight excluding hydrogens is 545 g/mol. The molecule has 0 saturated heterocycles. The number of nitrogens with two attached hydrogens (primary N) is 1. The molecule has 1 unspecified atom stereocenters. The predicted octanol–water partition coefficient (Wildman–Crippen LogP) is 3.28. The van der Waals surface area contributed by atoms with Crippen molar-refractivity contribution in [1.82, 2.24) is 15.1 Å². The number of methoxy groups -OCH3 is 1. The summed E-state index contributed by atoms with van der Waals surface area (Å²) in [5.74, 6) is 0.477. The molecule has 4 aromatic rings. The number of anilines is 2. The monoisotopic (exact) mass is 579 g/mol. The molecule has 41 heavy (non-hydrogen) atoms. The fourth-order valence-electron chi connectivity index (χ4n) is 4.90. The molecular formula is C29H34FN7O3S. The van der Waals surface area contributed by atoms with Crippen molar-refractivity contribution in [3.05, 3.63) is 83.3 Å². The van der Waals surface area contributed by atoms with Crippen molar-refractivity contribution in [3.8, 4) is 5.75 Å². The zero-order chi connectivity index (χ0) is 29.0. The minimum atomic E-state index is -2.97. The minimum absolute atomic E-state index is 0.122. The van der Waals surface area contributed by atoms with Gasteiger partial charge in [0.2, 0.25) is 0 Å². The van der Waals surface area contributed by atoms with Crippen molar-refractivity contribution in [1.29, 1.82) is 0 Å². The number of nitrogens with zero attached hydrogens (tertiary/aromatic N) is 3. The third-order valence-electron chi connectivity index (χ3n) is 7.04. The highest BCUT2D eigenvalue weighted by molar-refractivity contribution is 7.90. The van der Waals surface area contributed by atoms with Crippen molar-refractivity contribution in [2.24, 2.45) is 10.7 Å². The first-order valence-corrected chi connectivity index (χ1v) is 15.4. The Bertz CT molecular complexity index is 1690. The van der Waals surface area contributed by atoms with Crippen molar-refractivity contribution in [2.45, 2.75) is 18.6 Å². The van der Waals surface area contributed by atoms with Crippen molar-refractivity contribution < 1.29 is 17.5 Å². The Morgan fingerprint density at radius 2 is 1.98 bits per heavy atom. The SMILES string of the molecule is COc1cc2c(cc1NCCCNCCS(C)(=O)=O)NC=NC2(N)c1ccc2c(cnn2Cc2cccc(F)c2)c1. The molecule has 3 aromatic carbocycles. The molecule has 5 rings (SSSR count). The summed E-state index contributed by atoms with van der Waals surface area (Å²) < 4.78 is 43.7. The van der Waals surface area contributed by atoms with Gasteiger partial charge in [-0.2, -0.15) is 5.10 Å². The fourth-order valence-corrected chi connectivity index (χ4v) is 5.42. The molecule has 216 valence electrons. The highest BCUT2D eigenvalue weighted by atomic mass is 32.2. The third-order valence-corrected chi connectivity index (χ3v) is 7.98. The van der Waals surface area contributed by atoms with Crippen molar-refractivity contribution in [3.63, 3.8) is 0 Å². The van der Waals surface area contributed by atoms with Gasteiger partial charge in [0.25, 0.3) is 0 Å². The number of fused-ring (bicyclic) bond motifs is 2. The molecule has 0 bridgehead atoms. The molecule has 0 radical (unpaired) electrons. The van der Waals surface area contributed by atoms with Crippen molar-refractivity contribution in [2.75, 3.05) is 49.4 Å². The summed E-state index contributed by atoms with van der Waals surface area (Å²) in [4.78, 5) is 4.64. The predicted molar refractivity (Wildman–Crippen MR) is 161 cm³/mol. The summed E-state index contributed by atoms with van der Waals surface area (Å²) in [6, 6.07) is 16.2. The van der Waals surface area contributed by atoms with E-state index in [0.717, 1.165) is 45.4 Å². The van der Waals surface area contributed by atoms with Crippen LogP contribution in [0.2, 0.25) is 0 Å². The van der Waals surface area contributed by atoms with Gasteiger partial charge in [-0.3, -0.25) is 10.4 Å². The van der Waals surface area contributed by atoms with Gasteiger partial charge in [0.1, 0.15) is 21.4 Å². The summed E-state index contributed by atoms with van der Waals surface area (Å²) in [7, 11) is -1.36. The van der Waals surface area contributed by atoms with Crippen LogP contribution in [-0.4, -0.2) is 63.3 Å². The quantitative estimate of drug-likeness (QED) is 0.188. The van der Waals surface area contributed by atoms with Crippen LogP contribution in [0, 0.1) is 5.82 Å². The molecule has 5 N–H and O–H groups in total. The summed E-state index contributed by atoms with van der Waals surface area (Å²) in [5, 5.41) is 15.2. The number of halogens is 1. The van der Waals surface area contributed by atoms with Crippen LogP contribution < -0.4 is 26.4 Å². The van der Waals surface area contributed by atoms with E-state index < -0.39 is 15.5 Å². The highest BCUT2D eigenvalue weighted by Gasteiger charge is 2.35. The number of aliphatic imine (C=N–C) groups is 1. The van der Waals surface area contributed by atoms with E-state index in [1.807, 2.05) is 41.1 Å². The summed E-state index contributed by atoms with van der Waals surface area (Å²) >= 11 is 0. The van der Waals surface area contributed by atoms with Gasteiger partial charge >= 0.3 is 0 Å². The largest absolute Gasteiger partial charge is 0.495 e. The summed E-state index contributed by atoms with van der Waals surface area (Å²) in [6.45, 7) is 2.23. The van der Waals surface area contributed by atoms with Crippen LogP contribution in [0.5, 0.6) is 5.75 Å². The van der Waals surface area contributed by atoms with E-state index in [2.05, 4.69) is 26.0 Å². The maximum atomic E-state index is 13.7. The molecule has 2 heterocycles. The molecule has 1 atom stereocenters. The number of hydrogen-bond donors (Lipinski definition) is 4. The Morgan fingerprint density at radius 1 is 1.12 bits per heavy atom. The number of rotatable bonds is 12. The van der Waals surface area contributed by atoms with Crippen molar-refractivity contribution >= 4 is 38.5 Å². The average molecular weight is 580 g/mol. The molecule has 0 aliphatic carbocycles. The Labute approximate surface area is 238 Å². The van der Waals surface area contributed by atoms with E-state index in [9.17, 15) is 12.8 Å². The molecule has 0 amide bonds. The van der Waals surface area contributed by atoms with Crippen LogP contribution in [0.25, 0.3) is 10.9 Å². The van der Waals surface area contributed by atoms with Crippen LogP contribution in [0.15, 0.2) is 65.8 Å². The smallest absolute Gasteiger partial charge is 0.163 e. The third kappa shape index (κ3) is 6.50. The maximum absolute atomic E-state index is 13.7. The highest BCUT2D eigenvalue weighted by Crippen LogP contribution is 2.42. The first-order chi connectivity index (χ1) is 19.7. The number of sulfone groups is 1. The van der Waals surface area contributed by atoms with E-state index >= 15 is 0 Å². The molecule has 0 spiro atoms. The lowest BCUT2D eigenvalue weighted by molar-refractivity contribution is 0.414. The zero-order valence-electron chi connectivity index (χ0n) is 23.0. The topological polar surface area (TPSA) is 136 Å². The van der Waals surface area contributed by atoms with Gasteiger partial charge in [-0.25, -0.2) is 17.8 Å². The van der Waals surface area contributed by atoms with Gasteiger partial charge in [-0.15, -0.1) is 0 Å². The van der Waals surface area contributed by atoms with Gasteiger partial charge in [0.05, 0.1) is 43.1 Å². The number of benzene rings is 3. The second-order valence-corrected chi connectivity index (χ2v) is 12.4. The number of ether oxygens (including phenoxy) is 1. The first-order valence-electron chi connectivity index (χ1n) is 13.3. The minimum Gasteiger partial charge on any atom is -0.495 e. The Balaban J connectivity index is 1.33. The fraction of sp³-hybridized carbons (Fsp3) is 0.310. The van der Waals surface area contributed by atoms with E-state index in [4.69, 9.17) is 10.5 Å². The first kappa shape index (κ1) is 28.5. The lowest BCUT2D eigenvalue weighted by atomic mass is 9.89. The lowest BCUT2D eigenvalue weighted by Gasteiger charge is -2.32. The van der Waals surface area contributed by atoms with Gasteiger partial charge < -0.3 is 20.7 Å². The van der Waals surface area contributed by atoms with Gasteiger partial charge in [-0.1, -0.05) is 18.2 Å². The molecule has 12 heteroatoms. The second kappa shape index (κ2) is 11.9. The van der Waals surface area contributed by atoms with Crippen LogP contribution in [0.1, 0.15) is 23.1 Å². The van der Waals surface area contributed by atoms with Gasteiger partial charge in [-0.05, 0) is 60.5 Å². The number of aromatic nitrogens is 2. The van der Waals surface area contributed by atoms with Crippen LogP contribution in [0.4, 0.5) is 15.8 Å². The van der Waals surface area contributed by atoms with E-state index in [1.165, 1.54) is 18.4 Å². The molecule has 1 aliphatic heterocycles. The van der Waals surface area contributed by atoms with Crippen LogP contribution in [-0.2, 0) is 22.0 Å². The number of nitrogens with one attached hydrogen (secondary N) is 3. The zero-order valence-corrected chi connectivity index (χ0v) is 23.8. The molecule has 1 aliphatic rings.